The van der Waals surface area contributed by atoms with Gasteiger partial charge in [0, 0.05) is 11.5 Å². The molecule has 0 fully saturated rings. The maximum Gasteiger partial charge on any atom is 0.166 e. The van der Waals surface area contributed by atoms with Gasteiger partial charge in [-0.15, -0.1) is 0 Å². The van der Waals surface area contributed by atoms with Gasteiger partial charge in [0.1, 0.15) is 5.75 Å². The van der Waals surface area contributed by atoms with E-state index in [4.69, 9.17) is 5.11 Å². The Hall–Kier alpha value is -1.31. The van der Waals surface area contributed by atoms with Crippen LogP contribution in [-0.2, 0) is 6.42 Å². The molecule has 0 radical (unpaired) electrons. The Morgan fingerprint density at radius 3 is 3.00 bits per heavy atom. The number of ketones is 1. The molecule has 1 aromatic rings. The first-order chi connectivity index (χ1) is 5.68. The molecule has 0 saturated heterocycles. The largest absolute Gasteiger partial charge is 0.508 e. The lowest BCUT2D eigenvalue weighted by Crippen LogP contribution is -2.02. The number of benzene rings is 1. The van der Waals surface area contributed by atoms with E-state index in [0.29, 0.717) is 5.56 Å². The highest BCUT2D eigenvalue weighted by atomic mass is 16.3. The second kappa shape index (κ2) is 2.34. The second-order valence-electron chi connectivity index (χ2n) is 3.31. The zero-order valence-corrected chi connectivity index (χ0v) is 6.87. The number of carbonyl (C=O) groups excluding carboxylic acids is 1. The first-order valence-corrected chi connectivity index (χ1v) is 4.04. The number of carbonyl (C=O) groups is 1. The monoisotopic (exact) mass is 162 g/mol. The molecule has 1 atom stereocenters. The van der Waals surface area contributed by atoms with E-state index in [9.17, 15) is 4.79 Å². The van der Waals surface area contributed by atoms with Crippen molar-refractivity contribution >= 4 is 5.78 Å². The van der Waals surface area contributed by atoms with Crippen LogP contribution in [0, 0.1) is 5.92 Å². The van der Waals surface area contributed by atoms with Crippen molar-refractivity contribution in [3.8, 4) is 5.75 Å². The van der Waals surface area contributed by atoms with E-state index in [0.717, 1.165) is 12.0 Å². The molecule has 1 aliphatic rings. The first-order valence-electron chi connectivity index (χ1n) is 4.04. The summed E-state index contributed by atoms with van der Waals surface area (Å²) in [5.74, 6) is 0.416. The van der Waals surface area contributed by atoms with Crippen molar-refractivity contribution in [2.75, 3.05) is 0 Å². The third-order valence-electron chi connectivity index (χ3n) is 2.33. The van der Waals surface area contributed by atoms with Gasteiger partial charge in [0.25, 0.3) is 0 Å². The van der Waals surface area contributed by atoms with Gasteiger partial charge in [-0.3, -0.25) is 4.79 Å². The SMILES string of the molecule is C[C@@H]1Cc2ccc(O)cc2C1=O. The fourth-order valence-electron chi connectivity index (χ4n) is 1.66. The highest BCUT2D eigenvalue weighted by Gasteiger charge is 2.26. The van der Waals surface area contributed by atoms with Gasteiger partial charge < -0.3 is 5.11 Å². The van der Waals surface area contributed by atoms with Gasteiger partial charge in [-0.1, -0.05) is 13.0 Å². The maximum atomic E-state index is 11.4. The van der Waals surface area contributed by atoms with Crippen LogP contribution in [0.1, 0.15) is 22.8 Å². The Labute approximate surface area is 70.8 Å². The number of phenolic OH excluding ortho intramolecular Hbond substituents is 1. The van der Waals surface area contributed by atoms with Gasteiger partial charge >= 0.3 is 0 Å². The Bertz CT molecular complexity index is 342. The number of hydrogen-bond donors (Lipinski definition) is 1. The van der Waals surface area contributed by atoms with Crippen LogP contribution in [-0.4, -0.2) is 10.9 Å². The summed E-state index contributed by atoms with van der Waals surface area (Å²) in [6.07, 6.45) is 0.814. The van der Waals surface area contributed by atoms with E-state index in [1.54, 1.807) is 12.1 Å². The maximum absolute atomic E-state index is 11.4. The fourth-order valence-corrected chi connectivity index (χ4v) is 1.66. The Morgan fingerprint density at radius 2 is 2.25 bits per heavy atom. The zero-order chi connectivity index (χ0) is 8.72. The van der Waals surface area contributed by atoms with Crippen molar-refractivity contribution in [1.29, 1.82) is 0 Å². The van der Waals surface area contributed by atoms with Crippen LogP contribution in [0.2, 0.25) is 0 Å². The number of fused-ring (bicyclic) bond motifs is 1. The topological polar surface area (TPSA) is 37.3 Å². The molecule has 1 N–H and O–H groups in total. The average molecular weight is 162 g/mol. The van der Waals surface area contributed by atoms with E-state index >= 15 is 0 Å². The van der Waals surface area contributed by atoms with Gasteiger partial charge in [0.2, 0.25) is 0 Å². The second-order valence-corrected chi connectivity index (χ2v) is 3.31. The number of Topliss-reactive ketones (excluding diaryl/α,β-unsaturated/α-hetero) is 1. The van der Waals surface area contributed by atoms with Gasteiger partial charge in [-0.2, -0.15) is 0 Å². The predicted molar refractivity (Wildman–Crippen MR) is 45.3 cm³/mol. The number of phenols is 1. The minimum Gasteiger partial charge on any atom is -0.508 e. The summed E-state index contributed by atoms with van der Waals surface area (Å²) in [4.78, 5) is 11.4. The van der Waals surface area contributed by atoms with Crippen molar-refractivity contribution in [3.05, 3.63) is 29.3 Å². The minimum atomic E-state index is 0.0850. The lowest BCUT2D eigenvalue weighted by molar-refractivity contribution is 0.0946. The van der Waals surface area contributed by atoms with Crippen molar-refractivity contribution in [1.82, 2.24) is 0 Å². The fraction of sp³-hybridized carbons (Fsp3) is 0.300. The molecule has 1 aromatic carbocycles. The summed E-state index contributed by atoms with van der Waals surface area (Å²) in [5.41, 5.74) is 1.76. The first kappa shape index (κ1) is 7.35. The summed E-state index contributed by atoms with van der Waals surface area (Å²) in [6.45, 7) is 1.92. The molecule has 2 nitrogen and oxygen atoms in total. The van der Waals surface area contributed by atoms with Crippen LogP contribution >= 0.6 is 0 Å². The molecule has 0 aromatic heterocycles. The summed E-state index contributed by atoms with van der Waals surface area (Å²) in [7, 11) is 0. The quantitative estimate of drug-likeness (QED) is 0.631. The normalized spacial score (nSPS) is 21.1. The Balaban J connectivity index is 2.56. The lowest BCUT2D eigenvalue weighted by atomic mass is 10.1. The summed E-state index contributed by atoms with van der Waals surface area (Å²) in [6, 6.07) is 5.01. The third kappa shape index (κ3) is 0.916. The molecule has 2 heteroatoms. The Kier molecular flexibility index (Phi) is 1.43. The average Bonchev–Trinajstić information content (AvgIpc) is 2.31. The molecule has 0 amide bonds. The van der Waals surface area contributed by atoms with E-state index in [1.807, 2.05) is 13.0 Å². The zero-order valence-electron chi connectivity index (χ0n) is 6.87. The van der Waals surface area contributed by atoms with Gasteiger partial charge in [0.15, 0.2) is 5.78 Å². The predicted octanol–water partition coefficient (Wildman–Crippen LogP) is 1.77. The third-order valence-corrected chi connectivity index (χ3v) is 2.33. The molecule has 0 unspecified atom stereocenters. The van der Waals surface area contributed by atoms with Crippen LogP contribution in [0.25, 0.3) is 0 Å². The lowest BCUT2D eigenvalue weighted by Gasteiger charge is -1.96. The minimum absolute atomic E-state index is 0.0850. The standard InChI is InChI=1S/C10H10O2/c1-6-4-7-2-3-8(11)5-9(7)10(6)12/h2-3,5-6,11H,4H2,1H3/t6-/m1/s1. The molecular formula is C10H10O2. The molecular weight excluding hydrogens is 152 g/mol. The number of rotatable bonds is 0. The van der Waals surface area contributed by atoms with E-state index < -0.39 is 0 Å². The van der Waals surface area contributed by atoms with Crippen LogP contribution in [0.4, 0.5) is 0 Å². The highest BCUT2D eigenvalue weighted by molar-refractivity contribution is 6.02. The van der Waals surface area contributed by atoms with Gasteiger partial charge in [-0.05, 0) is 24.1 Å². The number of hydrogen-bond acceptors (Lipinski definition) is 2. The van der Waals surface area contributed by atoms with Crippen LogP contribution < -0.4 is 0 Å². The highest BCUT2D eigenvalue weighted by Crippen LogP contribution is 2.28. The van der Waals surface area contributed by atoms with Crippen molar-refractivity contribution in [2.45, 2.75) is 13.3 Å². The van der Waals surface area contributed by atoms with Crippen LogP contribution in [0.3, 0.4) is 0 Å². The summed E-state index contributed by atoms with van der Waals surface area (Å²) >= 11 is 0. The van der Waals surface area contributed by atoms with Crippen molar-refractivity contribution in [3.63, 3.8) is 0 Å². The molecule has 12 heavy (non-hydrogen) atoms. The van der Waals surface area contributed by atoms with E-state index in [1.165, 1.54) is 0 Å². The number of aromatic hydroxyl groups is 1. The molecule has 0 saturated carbocycles. The summed E-state index contributed by atoms with van der Waals surface area (Å²) in [5, 5.41) is 9.15. The van der Waals surface area contributed by atoms with E-state index in [2.05, 4.69) is 0 Å². The molecule has 2 rings (SSSR count). The van der Waals surface area contributed by atoms with Crippen molar-refractivity contribution < 1.29 is 9.90 Å². The molecule has 0 bridgehead atoms. The molecule has 0 spiro atoms. The van der Waals surface area contributed by atoms with Gasteiger partial charge in [-0.25, -0.2) is 0 Å². The summed E-state index contributed by atoms with van der Waals surface area (Å²) < 4.78 is 0. The van der Waals surface area contributed by atoms with Crippen LogP contribution in [0.15, 0.2) is 18.2 Å². The molecule has 1 aliphatic carbocycles. The van der Waals surface area contributed by atoms with Crippen LogP contribution in [0.5, 0.6) is 5.75 Å². The molecule has 62 valence electrons. The van der Waals surface area contributed by atoms with Gasteiger partial charge in [0.05, 0.1) is 0 Å². The van der Waals surface area contributed by atoms with Crippen molar-refractivity contribution in [2.24, 2.45) is 5.92 Å². The molecule has 0 heterocycles. The molecule has 0 aliphatic heterocycles. The smallest absolute Gasteiger partial charge is 0.166 e. The van der Waals surface area contributed by atoms with E-state index in [-0.39, 0.29) is 17.5 Å². The Morgan fingerprint density at radius 1 is 1.50 bits per heavy atom.